The van der Waals surface area contributed by atoms with Crippen LogP contribution in [0.1, 0.15) is 35.3 Å². The van der Waals surface area contributed by atoms with Crippen molar-refractivity contribution >= 4 is 42.4 Å². The topological polar surface area (TPSA) is 42.0 Å². The number of pyridine rings is 1. The fourth-order valence-electron chi connectivity index (χ4n) is 2.87. The van der Waals surface area contributed by atoms with Crippen LogP contribution in [0.15, 0.2) is 51.5 Å². The summed E-state index contributed by atoms with van der Waals surface area (Å²) in [6.07, 6.45) is 4.57. The van der Waals surface area contributed by atoms with Crippen molar-refractivity contribution in [2.24, 2.45) is 0 Å². The van der Waals surface area contributed by atoms with Gasteiger partial charge in [-0.3, -0.25) is 0 Å². The second kappa shape index (κ2) is 7.70. The number of aromatic nitrogens is 1. The molecule has 3 nitrogen and oxygen atoms in total. The van der Waals surface area contributed by atoms with Gasteiger partial charge in [0.15, 0.2) is 0 Å². The molecule has 1 N–H and O–H groups in total. The minimum atomic E-state index is -2.57. The first-order valence-corrected chi connectivity index (χ1v) is 13.9. The van der Waals surface area contributed by atoms with Crippen LogP contribution in [0.4, 0.5) is 10.2 Å². The number of allylic oxidation sites excluding steroid dienone is 1. The fraction of sp³-hybridized carbons (Fsp3) is 0.222. The zero-order valence-corrected chi connectivity index (χ0v) is 17.4. The number of hydrogen-bond acceptors (Lipinski definition) is 3. The Hall–Kier alpha value is -1.33. The molecule has 1 aromatic carbocycles. The molecule has 122 valence electrons. The van der Waals surface area contributed by atoms with Gasteiger partial charge in [-0.1, -0.05) is 0 Å². The molecular weight excluding hydrogens is 429 g/mol. The molecule has 1 aliphatic rings. The number of rotatable bonds is 5. The van der Waals surface area contributed by atoms with Gasteiger partial charge in [-0.2, -0.15) is 0 Å². The Morgan fingerprint density at radius 1 is 1.33 bits per heavy atom. The van der Waals surface area contributed by atoms with Crippen LogP contribution in [0.3, 0.4) is 0 Å². The van der Waals surface area contributed by atoms with E-state index >= 15 is 0 Å². The van der Waals surface area contributed by atoms with Gasteiger partial charge in [-0.05, 0) is 0 Å². The SMILES string of the molecule is CC(Nc1ncccc1[C](=O)[In]1[CH2]CC=[C]1Cl)c1ccc(F)cc1. The first-order chi connectivity index (χ1) is 11.6. The van der Waals surface area contributed by atoms with E-state index < -0.39 is 21.4 Å². The van der Waals surface area contributed by atoms with E-state index in [1.807, 2.05) is 19.1 Å². The summed E-state index contributed by atoms with van der Waals surface area (Å²) in [6.45, 7) is 1.96. The molecule has 0 aliphatic carbocycles. The quantitative estimate of drug-likeness (QED) is 0.725. The number of nitrogens with one attached hydrogen (secondary N) is 1. The van der Waals surface area contributed by atoms with Gasteiger partial charge in [-0.15, -0.1) is 0 Å². The maximum absolute atomic E-state index is 13.1. The fourth-order valence-corrected chi connectivity index (χ4v) is 11.1. The summed E-state index contributed by atoms with van der Waals surface area (Å²) in [4.78, 5) is 17.2. The van der Waals surface area contributed by atoms with Crippen LogP contribution in [0.2, 0.25) is 4.18 Å². The molecule has 1 atom stereocenters. The summed E-state index contributed by atoms with van der Waals surface area (Å²) >= 11 is 3.68. The van der Waals surface area contributed by atoms with E-state index in [2.05, 4.69) is 10.3 Å². The van der Waals surface area contributed by atoms with Crippen molar-refractivity contribution in [3.05, 3.63) is 68.4 Å². The molecule has 0 radical (unpaired) electrons. The van der Waals surface area contributed by atoms with Gasteiger partial charge >= 0.3 is 154 Å². The van der Waals surface area contributed by atoms with Crippen molar-refractivity contribution in [2.75, 3.05) is 5.32 Å². The summed E-state index contributed by atoms with van der Waals surface area (Å²) in [6, 6.07) is 9.82. The molecule has 0 amide bonds. The first kappa shape index (κ1) is 17.5. The summed E-state index contributed by atoms with van der Waals surface area (Å²) in [5, 5.41) is 3.28. The van der Waals surface area contributed by atoms with Crippen LogP contribution in [0.5, 0.6) is 0 Å². The molecule has 0 spiro atoms. The summed E-state index contributed by atoms with van der Waals surface area (Å²) < 4.78 is 15.0. The van der Waals surface area contributed by atoms with E-state index in [4.69, 9.17) is 11.6 Å². The molecule has 0 saturated carbocycles. The van der Waals surface area contributed by atoms with Crippen LogP contribution in [-0.2, 0) is 0 Å². The summed E-state index contributed by atoms with van der Waals surface area (Å²) in [5.74, 6) is 0.309. The van der Waals surface area contributed by atoms with Crippen molar-refractivity contribution in [3.63, 3.8) is 0 Å². The Balaban J connectivity index is 1.82. The number of carbonyl (C=O) groups excluding carboxylic acids is 1. The Morgan fingerprint density at radius 2 is 2.08 bits per heavy atom. The van der Waals surface area contributed by atoms with Gasteiger partial charge in [0.25, 0.3) is 0 Å². The number of nitrogens with zero attached hydrogens (tertiary/aromatic N) is 1. The van der Waals surface area contributed by atoms with Gasteiger partial charge in [0.05, 0.1) is 0 Å². The minimum absolute atomic E-state index is 0.0863. The third-order valence-corrected chi connectivity index (χ3v) is 14.0. The van der Waals surface area contributed by atoms with Crippen molar-refractivity contribution in [1.29, 1.82) is 0 Å². The molecular formula is C18H17ClFInN2O. The Morgan fingerprint density at radius 3 is 2.75 bits per heavy atom. The van der Waals surface area contributed by atoms with Crippen LogP contribution < -0.4 is 5.32 Å². The van der Waals surface area contributed by atoms with Crippen molar-refractivity contribution < 1.29 is 9.18 Å². The second-order valence-corrected chi connectivity index (χ2v) is 15.5. The molecule has 3 rings (SSSR count). The number of halogens is 2. The number of carbonyl (C=O) groups is 1. The van der Waals surface area contributed by atoms with Crippen LogP contribution in [0, 0.1) is 5.82 Å². The molecule has 2 heterocycles. The predicted molar refractivity (Wildman–Crippen MR) is 96.1 cm³/mol. The van der Waals surface area contributed by atoms with E-state index in [1.165, 1.54) is 12.1 Å². The Labute approximate surface area is 153 Å². The molecule has 6 heteroatoms. The van der Waals surface area contributed by atoms with Gasteiger partial charge in [-0.25, -0.2) is 0 Å². The van der Waals surface area contributed by atoms with Gasteiger partial charge in [0, 0.05) is 0 Å². The van der Waals surface area contributed by atoms with Crippen LogP contribution in [-0.4, -0.2) is 30.0 Å². The predicted octanol–water partition coefficient (Wildman–Crippen LogP) is 4.68. The zero-order chi connectivity index (χ0) is 17.1. The van der Waals surface area contributed by atoms with E-state index in [9.17, 15) is 9.18 Å². The van der Waals surface area contributed by atoms with Gasteiger partial charge in [0.1, 0.15) is 0 Å². The monoisotopic (exact) mass is 446 g/mol. The molecule has 2 aromatic rings. The molecule has 0 bridgehead atoms. The standard InChI is InChI=1S/C14H12FN2O.C4H5Cl.In/c1-10(11-4-6-13(15)7-5-11)17-14-12(9-18)3-2-8-16-14;1-2-3-4-5;/h2-8,10H,1H3,(H,16,17);3H,1-2H2;. The van der Waals surface area contributed by atoms with E-state index in [0.717, 1.165) is 19.0 Å². The number of anilines is 1. The first-order valence-electron chi connectivity index (χ1n) is 7.93. The molecule has 0 fully saturated rings. The third kappa shape index (κ3) is 3.83. The van der Waals surface area contributed by atoms with Crippen LogP contribution in [0.25, 0.3) is 0 Å². The molecule has 1 unspecified atom stereocenters. The van der Waals surface area contributed by atoms with Crippen molar-refractivity contribution in [2.45, 2.75) is 23.6 Å². The molecule has 24 heavy (non-hydrogen) atoms. The Kier molecular flexibility index (Phi) is 5.61. The van der Waals surface area contributed by atoms with Gasteiger partial charge in [0.2, 0.25) is 0 Å². The maximum atomic E-state index is 13.1. The van der Waals surface area contributed by atoms with Crippen LogP contribution >= 0.6 is 11.6 Å². The third-order valence-electron chi connectivity index (χ3n) is 4.24. The number of benzene rings is 1. The molecule has 0 saturated heterocycles. The normalized spacial score (nSPS) is 15.1. The molecule has 1 aliphatic heterocycles. The second-order valence-electron chi connectivity index (χ2n) is 5.90. The average molecular weight is 447 g/mol. The Bertz CT molecular complexity index is 779. The summed E-state index contributed by atoms with van der Waals surface area (Å²) in [5.41, 5.74) is 1.56. The van der Waals surface area contributed by atoms with E-state index in [0.29, 0.717) is 11.4 Å². The zero-order valence-electron chi connectivity index (χ0n) is 13.3. The van der Waals surface area contributed by atoms with E-state index in [-0.39, 0.29) is 15.4 Å². The summed E-state index contributed by atoms with van der Waals surface area (Å²) in [7, 11) is 0. The van der Waals surface area contributed by atoms with Gasteiger partial charge < -0.3 is 0 Å². The molecule has 1 aromatic heterocycles. The van der Waals surface area contributed by atoms with E-state index in [1.54, 1.807) is 24.4 Å². The van der Waals surface area contributed by atoms with Crippen molar-refractivity contribution in [1.82, 2.24) is 4.98 Å². The average Bonchev–Trinajstić information content (AvgIpc) is 3.01. The number of hydrogen-bond donors (Lipinski definition) is 1. The van der Waals surface area contributed by atoms with Crippen molar-refractivity contribution in [3.8, 4) is 0 Å².